The smallest absolute Gasteiger partial charge is 0.243 e. The summed E-state index contributed by atoms with van der Waals surface area (Å²) in [6, 6.07) is 16.8. The molecule has 1 aliphatic rings. The Hall–Kier alpha value is -3.43. The van der Waals surface area contributed by atoms with Crippen molar-refractivity contribution in [1.82, 2.24) is 4.31 Å². The minimum atomic E-state index is -4.00. The number of anilines is 2. The van der Waals surface area contributed by atoms with E-state index in [1.165, 1.54) is 18.0 Å². The molecule has 2 amide bonds. The first kappa shape index (κ1) is 23.7. The fourth-order valence-corrected chi connectivity index (χ4v) is 5.55. The molecule has 178 valence electrons. The van der Waals surface area contributed by atoms with Crippen LogP contribution in [0.25, 0.3) is 10.8 Å². The maximum absolute atomic E-state index is 13.5. The Morgan fingerprint density at radius 2 is 1.76 bits per heavy atom. The standard InChI is InChI=1S/C25H27N3O5S/c1-4-33-22-13-14-23(19-10-6-5-9-18(19)22)34(31,32)27(3)16-25(30)28-17(2)15-24(29)26-20-11-7-8-12-21(20)28/h5-14,17H,4,15-16H2,1-3H3,(H,26,29). The summed E-state index contributed by atoms with van der Waals surface area (Å²) >= 11 is 0. The summed E-state index contributed by atoms with van der Waals surface area (Å²) in [6.07, 6.45) is 0.112. The normalized spacial score (nSPS) is 16.2. The molecule has 1 N–H and O–H groups in total. The van der Waals surface area contributed by atoms with E-state index in [1.54, 1.807) is 49.4 Å². The molecule has 1 heterocycles. The number of fused-ring (bicyclic) bond motifs is 2. The molecule has 0 radical (unpaired) electrons. The summed E-state index contributed by atoms with van der Waals surface area (Å²) in [5.41, 5.74) is 1.07. The van der Waals surface area contributed by atoms with Gasteiger partial charge in [-0.05, 0) is 38.1 Å². The van der Waals surface area contributed by atoms with Crippen molar-refractivity contribution in [2.45, 2.75) is 31.2 Å². The van der Waals surface area contributed by atoms with Crippen molar-refractivity contribution in [2.75, 3.05) is 30.4 Å². The number of hydrogen-bond acceptors (Lipinski definition) is 5. The number of nitrogens with one attached hydrogen (secondary N) is 1. The van der Waals surface area contributed by atoms with E-state index in [1.807, 2.05) is 19.1 Å². The van der Waals surface area contributed by atoms with Gasteiger partial charge in [-0.1, -0.05) is 36.4 Å². The van der Waals surface area contributed by atoms with Crippen LogP contribution in [-0.2, 0) is 19.6 Å². The zero-order chi connectivity index (χ0) is 24.5. The van der Waals surface area contributed by atoms with Gasteiger partial charge in [0.1, 0.15) is 5.75 Å². The lowest BCUT2D eigenvalue weighted by Gasteiger charge is -2.29. The van der Waals surface area contributed by atoms with Gasteiger partial charge in [0.15, 0.2) is 0 Å². The predicted molar refractivity (Wildman–Crippen MR) is 132 cm³/mol. The minimum Gasteiger partial charge on any atom is -0.493 e. The highest BCUT2D eigenvalue weighted by Crippen LogP contribution is 2.34. The van der Waals surface area contributed by atoms with Gasteiger partial charge in [-0.2, -0.15) is 4.31 Å². The largest absolute Gasteiger partial charge is 0.493 e. The second kappa shape index (κ2) is 9.44. The number of para-hydroxylation sites is 2. The SMILES string of the molecule is CCOc1ccc(S(=O)(=O)N(C)CC(=O)N2c3ccccc3NC(=O)CC2C)c2ccccc12. The number of ether oxygens (including phenoxy) is 1. The highest BCUT2D eigenvalue weighted by atomic mass is 32.2. The van der Waals surface area contributed by atoms with Crippen molar-refractivity contribution < 1.29 is 22.7 Å². The van der Waals surface area contributed by atoms with Crippen LogP contribution in [0.15, 0.2) is 65.6 Å². The van der Waals surface area contributed by atoms with Gasteiger partial charge in [0.2, 0.25) is 21.8 Å². The Bertz CT molecular complexity index is 1360. The number of carbonyl (C=O) groups excluding carboxylic acids is 2. The first-order valence-electron chi connectivity index (χ1n) is 11.1. The van der Waals surface area contributed by atoms with Crippen molar-refractivity contribution in [3.8, 4) is 5.75 Å². The fourth-order valence-electron chi connectivity index (χ4n) is 4.24. The van der Waals surface area contributed by atoms with E-state index in [9.17, 15) is 18.0 Å². The van der Waals surface area contributed by atoms with E-state index < -0.39 is 22.0 Å². The van der Waals surface area contributed by atoms with Crippen molar-refractivity contribution in [3.63, 3.8) is 0 Å². The quantitative estimate of drug-likeness (QED) is 0.580. The number of rotatable bonds is 6. The van der Waals surface area contributed by atoms with Gasteiger partial charge >= 0.3 is 0 Å². The van der Waals surface area contributed by atoms with Crippen LogP contribution in [0.1, 0.15) is 20.3 Å². The molecule has 0 aliphatic carbocycles. The van der Waals surface area contributed by atoms with Gasteiger partial charge in [-0.3, -0.25) is 9.59 Å². The number of sulfonamides is 1. The molecule has 3 aromatic rings. The van der Waals surface area contributed by atoms with Crippen LogP contribution in [0.5, 0.6) is 5.75 Å². The average molecular weight is 482 g/mol. The summed E-state index contributed by atoms with van der Waals surface area (Å²) in [4.78, 5) is 27.2. The van der Waals surface area contributed by atoms with Crippen LogP contribution in [0.3, 0.4) is 0 Å². The molecule has 0 saturated carbocycles. The second-order valence-electron chi connectivity index (χ2n) is 8.18. The molecule has 1 atom stereocenters. The lowest BCUT2D eigenvalue weighted by atomic mass is 10.1. The molecule has 1 aliphatic heterocycles. The Balaban J connectivity index is 1.67. The van der Waals surface area contributed by atoms with E-state index in [4.69, 9.17) is 4.74 Å². The van der Waals surface area contributed by atoms with E-state index in [-0.39, 0.29) is 23.8 Å². The number of likely N-dealkylation sites (N-methyl/N-ethyl adjacent to an activating group) is 1. The highest BCUT2D eigenvalue weighted by Gasteiger charge is 2.33. The molecule has 0 fully saturated rings. The molecule has 0 bridgehead atoms. The predicted octanol–water partition coefficient (Wildman–Crippen LogP) is 3.62. The van der Waals surface area contributed by atoms with Crippen LogP contribution in [0.2, 0.25) is 0 Å². The van der Waals surface area contributed by atoms with E-state index in [0.717, 1.165) is 4.31 Å². The summed E-state index contributed by atoms with van der Waals surface area (Å²) in [7, 11) is -2.61. The molecule has 3 aromatic carbocycles. The molecule has 34 heavy (non-hydrogen) atoms. The number of benzene rings is 3. The topological polar surface area (TPSA) is 96.0 Å². The number of hydrogen-bond donors (Lipinski definition) is 1. The zero-order valence-corrected chi connectivity index (χ0v) is 20.1. The molecule has 0 saturated heterocycles. The molecule has 0 spiro atoms. The minimum absolute atomic E-state index is 0.100. The van der Waals surface area contributed by atoms with Crippen molar-refractivity contribution in [2.24, 2.45) is 0 Å². The number of carbonyl (C=O) groups is 2. The van der Waals surface area contributed by atoms with Gasteiger partial charge in [0, 0.05) is 30.3 Å². The van der Waals surface area contributed by atoms with Crippen LogP contribution in [-0.4, -0.2) is 50.8 Å². The average Bonchev–Trinajstić information content (AvgIpc) is 2.93. The second-order valence-corrected chi connectivity index (χ2v) is 10.2. The van der Waals surface area contributed by atoms with Gasteiger partial charge in [-0.25, -0.2) is 8.42 Å². The third kappa shape index (κ3) is 4.36. The Labute approximate surface area is 199 Å². The Kier molecular flexibility index (Phi) is 6.58. The van der Waals surface area contributed by atoms with Gasteiger partial charge in [-0.15, -0.1) is 0 Å². The van der Waals surface area contributed by atoms with Gasteiger partial charge < -0.3 is 15.0 Å². The van der Waals surface area contributed by atoms with Crippen LogP contribution in [0.4, 0.5) is 11.4 Å². The Morgan fingerprint density at radius 3 is 2.50 bits per heavy atom. The first-order valence-corrected chi connectivity index (χ1v) is 12.5. The molecule has 0 aromatic heterocycles. The third-order valence-electron chi connectivity index (χ3n) is 5.82. The van der Waals surface area contributed by atoms with E-state index >= 15 is 0 Å². The van der Waals surface area contributed by atoms with Gasteiger partial charge in [0.25, 0.3) is 0 Å². The third-order valence-corrected chi connectivity index (χ3v) is 7.68. The monoisotopic (exact) mass is 481 g/mol. The van der Waals surface area contributed by atoms with Crippen LogP contribution in [0, 0.1) is 0 Å². The van der Waals surface area contributed by atoms with Crippen molar-refractivity contribution in [1.29, 1.82) is 0 Å². The molecule has 9 heteroatoms. The summed E-state index contributed by atoms with van der Waals surface area (Å²) < 4.78 is 33.8. The zero-order valence-electron chi connectivity index (χ0n) is 19.3. The maximum Gasteiger partial charge on any atom is 0.243 e. The lowest BCUT2D eigenvalue weighted by Crippen LogP contribution is -2.45. The van der Waals surface area contributed by atoms with Crippen molar-refractivity contribution in [3.05, 3.63) is 60.7 Å². The van der Waals surface area contributed by atoms with Crippen molar-refractivity contribution >= 4 is 44.0 Å². The number of amides is 2. The molecular weight excluding hydrogens is 454 g/mol. The summed E-state index contributed by atoms with van der Waals surface area (Å²) in [5.74, 6) is -0.0159. The van der Waals surface area contributed by atoms with E-state index in [2.05, 4.69) is 5.32 Å². The summed E-state index contributed by atoms with van der Waals surface area (Å²) in [5, 5.41) is 4.02. The first-order chi connectivity index (χ1) is 16.2. The Morgan fingerprint density at radius 1 is 1.09 bits per heavy atom. The van der Waals surface area contributed by atoms with Gasteiger partial charge in [0.05, 0.1) is 29.4 Å². The van der Waals surface area contributed by atoms with E-state index in [0.29, 0.717) is 34.5 Å². The summed E-state index contributed by atoms with van der Waals surface area (Å²) in [6.45, 7) is 3.71. The highest BCUT2D eigenvalue weighted by molar-refractivity contribution is 7.89. The molecule has 1 unspecified atom stereocenters. The molecule has 8 nitrogen and oxygen atoms in total. The number of nitrogens with zero attached hydrogens (tertiary/aromatic N) is 2. The maximum atomic E-state index is 13.5. The van der Waals surface area contributed by atoms with Crippen LogP contribution < -0.4 is 15.0 Å². The van der Waals surface area contributed by atoms with Crippen LogP contribution >= 0.6 is 0 Å². The lowest BCUT2D eigenvalue weighted by molar-refractivity contribution is -0.119. The molecule has 4 rings (SSSR count). The molecular formula is C25H27N3O5S. The fraction of sp³-hybridized carbons (Fsp3) is 0.280.